The van der Waals surface area contributed by atoms with Gasteiger partial charge in [-0.3, -0.25) is 9.59 Å². The van der Waals surface area contributed by atoms with Gasteiger partial charge in [-0.25, -0.2) is 9.36 Å². The zero-order valence-electron chi connectivity index (χ0n) is 12.5. The molecule has 0 aliphatic heterocycles. The highest BCUT2D eigenvalue weighted by Crippen LogP contribution is 2.11. The molecular formula is C15H18N2O5. The number of benzene rings is 1. The Bertz CT molecular complexity index is 804. The van der Waals surface area contributed by atoms with Crippen LogP contribution in [0.1, 0.15) is 20.3 Å². The number of carbonyl (C=O) groups is 1. The molecular weight excluding hydrogens is 288 g/mol. The van der Waals surface area contributed by atoms with Crippen LogP contribution in [0.4, 0.5) is 4.79 Å². The monoisotopic (exact) mass is 306 g/mol. The number of fused-ring (bicyclic) bond motifs is 1. The van der Waals surface area contributed by atoms with Crippen molar-refractivity contribution in [1.29, 1.82) is 0 Å². The minimum atomic E-state index is -0.956. The van der Waals surface area contributed by atoms with E-state index in [-0.39, 0.29) is 13.2 Å². The fourth-order valence-electron chi connectivity index (χ4n) is 2.20. The molecule has 1 heterocycles. The fourth-order valence-corrected chi connectivity index (χ4v) is 2.20. The number of ether oxygens (including phenoxy) is 1. The number of rotatable bonds is 4. The van der Waals surface area contributed by atoms with Crippen LogP contribution in [-0.4, -0.2) is 33.0 Å². The summed E-state index contributed by atoms with van der Waals surface area (Å²) in [7, 11) is 0. The summed E-state index contributed by atoms with van der Waals surface area (Å²) >= 11 is 0. The smallest absolute Gasteiger partial charge is 0.421 e. The Balaban J connectivity index is 2.74. The molecule has 1 aromatic heterocycles. The highest BCUT2D eigenvalue weighted by Gasteiger charge is 2.19. The molecule has 22 heavy (non-hydrogen) atoms. The van der Waals surface area contributed by atoms with Crippen LogP contribution in [0.3, 0.4) is 0 Å². The Kier molecular flexibility index (Phi) is 4.77. The quantitative estimate of drug-likeness (QED) is 0.849. The molecule has 118 valence electrons. The summed E-state index contributed by atoms with van der Waals surface area (Å²) in [5.74, 6) is 0. The first-order valence-corrected chi connectivity index (χ1v) is 7.03. The lowest BCUT2D eigenvalue weighted by molar-refractivity contribution is 0.117. The Labute approximate surface area is 126 Å². The van der Waals surface area contributed by atoms with E-state index in [4.69, 9.17) is 9.84 Å². The Morgan fingerprint density at radius 3 is 2.41 bits per heavy atom. The summed E-state index contributed by atoms with van der Waals surface area (Å²) in [5.41, 5.74) is -1.02. The fraction of sp³-hybridized carbons (Fsp3) is 0.400. The van der Waals surface area contributed by atoms with Crippen LogP contribution in [0, 0.1) is 0 Å². The normalized spacial score (nSPS) is 11.1. The summed E-state index contributed by atoms with van der Waals surface area (Å²) in [6, 6.07) is 6.60. The zero-order chi connectivity index (χ0) is 16.3. The van der Waals surface area contributed by atoms with E-state index in [9.17, 15) is 14.4 Å². The molecule has 7 nitrogen and oxygen atoms in total. The van der Waals surface area contributed by atoms with Gasteiger partial charge in [0.15, 0.2) is 0 Å². The lowest BCUT2D eigenvalue weighted by atomic mass is 10.2. The van der Waals surface area contributed by atoms with Crippen molar-refractivity contribution in [1.82, 2.24) is 9.13 Å². The number of aliphatic hydroxyl groups is 1. The van der Waals surface area contributed by atoms with E-state index < -0.39 is 23.3 Å². The lowest BCUT2D eigenvalue weighted by Crippen LogP contribution is -2.44. The van der Waals surface area contributed by atoms with Gasteiger partial charge >= 0.3 is 17.2 Å². The third-order valence-electron chi connectivity index (χ3n) is 3.10. The van der Waals surface area contributed by atoms with E-state index in [0.717, 1.165) is 4.57 Å². The molecule has 0 unspecified atom stereocenters. The van der Waals surface area contributed by atoms with Crippen LogP contribution in [0.2, 0.25) is 0 Å². The number of hydrogen-bond acceptors (Lipinski definition) is 5. The molecule has 0 bridgehead atoms. The number of para-hydroxylation sites is 2. The Morgan fingerprint density at radius 2 is 1.82 bits per heavy atom. The number of nitrogens with zero attached hydrogens (tertiary/aromatic N) is 2. The molecule has 2 rings (SSSR count). The molecule has 7 heteroatoms. The zero-order valence-corrected chi connectivity index (χ0v) is 12.5. The first-order chi connectivity index (χ1) is 10.5. The van der Waals surface area contributed by atoms with Crippen molar-refractivity contribution < 1.29 is 14.6 Å². The van der Waals surface area contributed by atoms with Crippen molar-refractivity contribution in [2.24, 2.45) is 0 Å². The predicted molar refractivity (Wildman–Crippen MR) is 81.2 cm³/mol. The number of aryl methyl sites for hydroxylation is 1. The molecule has 1 N–H and O–H groups in total. The molecule has 2 aromatic rings. The van der Waals surface area contributed by atoms with Gasteiger partial charge in [0.2, 0.25) is 0 Å². The van der Waals surface area contributed by atoms with Crippen molar-refractivity contribution in [3.63, 3.8) is 0 Å². The maximum Gasteiger partial charge on any atom is 0.421 e. The molecule has 1 aromatic carbocycles. The van der Waals surface area contributed by atoms with E-state index in [1.54, 1.807) is 38.1 Å². The average molecular weight is 306 g/mol. The van der Waals surface area contributed by atoms with E-state index in [2.05, 4.69) is 0 Å². The molecule has 0 amide bonds. The second-order valence-electron chi connectivity index (χ2n) is 5.10. The van der Waals surface area contributed by atoms with Gasteiger partial charge in [0.25, 0.3) is 0 Å². The molecule has 0 spiro atoms. The van der Waals surface area contributed by atoms with Crippen molar-refractivity contribution in [3.05, 3.63) is 45.0 Å². The number of aromatic nitrogens is 2. The molecule has 0 atom stereocenters. The van der Waals surface area contributed by atoms with Crippen LogP contribution in [0.5, 0.6) is 0 Å². The van der Waals surface area contributed by atoms with Crippen LogP contribution in [0.25, 0.3) is 11.0 Å². The van der Waals surface area contributed by atoms with Gasteiger partial charge in [0.1, 0.15) is 0 Å². The van der Waals surface area contributed by atoms with Crippen LogP contribution in [0.15, 0.2) is 33.9 Å². The van der Waals surface area contributed by atoms with E-state index >= 15 is 0 Å². The summed E-state index contributed by atoms with van der Waals surface area (Å²) in [5, 5.41) is 8.93. The predicted octanol–water partition coefficient (Wildman–Crippen LogP) is 0.939. The van der Waals surface area contributed by atoms with Gasteiger partial charge < -0.3 is 14.4 Å². The van der Waals surface area contributed by atoms with Crippen molar-refractivity contribution >= 4 is 17.1 Å². The third kappa shape index (κ3) is 2.94. The largest absolute Gasteiger partial charge is 0.446 e. The maximum atomic E-state index is 12.3. The Hall–Kier alpha value is -2.41. The molecule has 0 aliphatic rings. The van der Waals surface area contributed by atoms with Gasteiger partial charge in [-0.2, -0.15) is 0 Å². The second-order valence-corrected chi connectivity index (χ2v) is 5.10. The SMILES string of the molecule is CC(C)OC(=O)n1c(=O)c(=O)n(CCCO)c2ccccc21. The summed E-state index contributed by atoms with van der Waals surface area (Å²) in [6.45, 7) is 3.42. The summed E-state index contributed by atoms with van der Waals surface area (Å²) in [4.78, 5) is 36.6. The minimum absolute atomic E-state index is 0.0980. The molecule has 0 aliphatic carbocycles. The molecule has 0 saturated carbocycles. The first-order valence-electron chi connectivity index (χ1n) is 7.03. The number of hydrogen-bond donors (Lipinski definition) is 1. The van der Waals surface area contributed by atoms with Gasteiger partial charge in [-0.05, 0) is 32.4 Å². The van der Waals surface area contributed by atoms with Gasteiger partial charge in [-0.1, -0.05) is 12.1 Å². The van der Waals surface area contributed by atoms with E-state index in [1.807, 2.05) is 0 Å². The van der Waals surface area contributed by atoms with Crippen molar-refractivity contribution in [2.75, 3.05) is 6.61 Å². The highest BCUT2D eigenvalue weighted by atomic mass is 16.6. The molecule has 0 saturated heterocycles. The van der Waals surface area contributed by atoms with E-state index in [1.165, 1.54) is 4.57 Å². The van der Waals surface area contributed by atoms with Crippen molar-refractivity contribution in [2.45, 2.75) is 32.9 Å². The number of aliphatic hydroxyl groups excluding tert-OH is 1. The first kappa shape index (κ1) is 16.0. The van der Waals surface area contributed by atoms with Crippen LogP contribution < -0.4 is 11.1 Å². The topological polar surface area (TPSA) is 90.5 Å². The van der Waals surface area contributed by atoms with E-state index in [0.29, 0.717) is 17.5 Å². The van der Waals surface area contributed by atoms with Gasteiger partial charge in [0, 0.05) is 13.2 Å². The second kappa shape index (κ2) is 6.57. The molecule has 0 fully saturated rings. The lowest BCUT2D eigenvalue weighted by Gasteiger charge is -2.15. The summed E-state index contributed by atoms with van der Waals surface area (Å²) < 4.78 is 7.07. The van der Waals surface area contributed by atoms with Crippen LogP contribution in [-0.2, 0) is 11.3 Å². The van der Waals surface area contributed by atoms with Gasteiger partial charge in [-0.15, -0.1) is 0 Å². The highest BCUT2D eigenvalue weighted by molar-refractivity contribution is 5.85. The molecule has 0 radical (unpaired) electrons. The Morgan fingerprint density at radius 1 is 1.18 bits per heavy atom. The summed E-state index contributed by atoms with van der Waals surface area (Å²) in [6.07, 6.45) is -0.943. The minimum Gasteiger partial charge on any atom is -0.446 e. The number of carbonyl (C=O) groups excluding carboxylic acids is 1. The van der Waals surface area contributed by atoms with Crippen LogP contribution >= 0.6 is 0 Å². The third-order valence-corrected chi connectivity index (χ3v) is 3.10. The maximum absolute atomic E-state index is 12.3. The average Bonchev–Trinajstić information content (AvgIpc) is 2.47. The standard InChI is InChI=1S/C15H18N2O5/c1-10(2)22-15(21)17-12-7-4-3-6-11(12)16(8-5-9-18)13(19)14(17)20/h3-4,6-7,10,18H,5,8-9H2,1-2H3. The van der Waals surface area contributed by atoms with Gasteiger partial charge in [0.05, 0.1) is 17.1 Å². The van der Waals surface area contributed by atoms with Crippen molar-refractivity contribution in [3.8, 4) is 0 Å².